The minimum absolute atomic E-state index is 0.259. The zero-order valence-electron chi connectivity index (χ0n) is 14.7. The van der Waals surface area contributed by atoms with E-state index >= 15 is 0 Å². The van der Waals surface area contributed by atoms with Crippen LogP contribution in [-0.2, 0) is 10.0 Å². The predicted molar refractivity (Wildman–Crippen MR) is 106 cm³/mol. The second kappa shape index (κ2) is 7.54. The highest BCUT2D eigenvalue weighted by Gasteiger charge is 2.14. The molecule has 3 rings (SSSR count). The van der Waals surface area contributed by atoms with E-state index in [1.807, 2.05) is 62.4 Å². The second-order valence-corrected chi connectivity index (χ2v) is 7.75. The molecule has 0 aliphatic rings. The van der Waals surface area contributed by atoms with Crippen LogP contribution in [0.2, 0.25) is 0 Å². The smallest absolute Gasteiger partial charge is 0.261 e. The highest BCUT2D eigenvalue weighted by Crippen LogP contribution is 2.20. The number of aromatic nitrogens is 1. The molecular formula is C21H20N2O2S. The summed E-state index contributed by atoms with van der Waals surface area (Å²) in [6, 6.07) is 18.1. The summed E-state index contributed by atoms with van der Waals surface area (Å²) in [7, 11) is -3.62. The number of nitrogens with one attached hydrogen (secondary N) is 1. The first-order chi connectivity index (χ1) is 12.4. The molecule has 2 aromatic carbocycles. The quantitative estimate of drug-likeness (QED) is 0.716. The van der Waals surface area contributed by atoms with Crippen LogP contribution in [0.3, 0.4) is 0 Å². The fourth-order valence-electron chi connectivity index (χ4n) is 2.46. The molecule has 0 radical (unpaired) electrons. The van der Waals surface area contributed by atoms with Crippen molar-refractivity contribution in [2.75, 3.05) is 4.72 Å². The molecule has 0 saturated carbocycles. The van der Waals surface area contributed by atoms with Crippen molar-refractivity contribution >= 4 is 27.9 Å². The van der Waals surface area contributed by atoms with Gasteiger partial charge in [0, 0.05) is 11.9 Å². The molecule has 0 spiro atoms. The topological polar surface area (TPSA) is 59.1 Å². The summed E-state index contributed by atoms with van der Waals surface area (Å²) in [6.07, 6.45) is 5.51. The lowest BCUT2D eigenvalue weighted by molar-refractivity contribution is 0.601. The summed E-state index contributed by atoms with van der Waals surface area (Å²) in [5.74, 6) is 0. The van der Waals surface area contributed by atoms with E-state index in [9.17, 15) is 8.42 Å². The van der Waals surface area contributed by atoms with Crippen molar-refractivity contribution in [3.8, 4) is 0 Å². The number of rotatable bonds is 5. The molecule has 0 amide bonds. The van der Waals surface area contributed by atoms with Crippen molar-refractivity contribution in [1.29, 1.82) is 0 Å². The minimum Gasteiger partial charge on any atom is -0.280 e. The standard InChI is InChI=1S/C21H20N2O2S/c1-16-9-12-21(14-17(16)2)26(24,25)23-20-8-5-6-18(15-20)10-11-19-7-3-4-13-22-19/h3-15,23H,1-2H3/b11-10-. The monoisotopic (exact) mass is 364 g/mol. The van der Waals surface area contributed by atoms with E-state index < -0.39 is 10.0 Å². The molecule has 0 aliphatic heterocycles. The molecule has 4 nitrogen and oxygen atoms in total. The average molecular weight is 364 g/mol. The number of hydrogen-bond acceptors (Lipinski definition) is 3. The highest BCUT2D eigenvalue weighted by molar-refractivity contribution is 7.92. The molecule has 5 heteroatoms. The second-order valence-electron chi connectivity index (χ2n) is 6.06. The molecule has 26 heavy (non-hydrogen) atoms. The van der Waals surface area contributed by atoms with Gasteiger partial charge in [-0.15, -0.1) is 0 Å². The van der Waals surface area contributed by atoms with Gasteiger partial charge in [0.2, 0.25) is 0 Å². The van der Waals surface area contributed by atoms with Crippen LogP contribution in [0.25, 0.3) is 12.2 Å². The Morgan fingerprint density at radius 1 is 0.885 bits per heavy atom. The van der Waals surface area contributed by atoms with Crippen LogP contribution >= 0.6 is 0 Å². The Balaban J connectivity index is 1.82. The molecule has 0 saturated heterocycles. The summed E-state index contributed by atoms with van der Waals surface area (Å²) in [6.45, 7) is 3.86. The van der Waals surface area contributed by atoms with E-state index in [0.717, 1.165) is 22.4 Å². The molecule has 0 aliphatic carbocycles. The maximum atomic E-state index is 12.6. The maximum absolute atomic E-state index is 12.6. The van der Waals surface area contributed by atoms with Gasteiger partial charge in [0.1, 0.15) is 0 Å². The van der Waals surface area contributed by atoms with Gasteiger partial charge in [0.05, 0.1) is 10.6 Å². The fourth-order valence-corrected chi connectivity index (χ4v) is 3.59. The molecule has 0 bridgehead atoms. The van der Waals surface area contributed by atoms with Crippen LogP contribution in [0.5, 0.6) is 0 Å². The number of anilines is 1. The van der Waals surface area contributed by atoms with E-state index in [1.54, 1.807) is 30.5 Å². The zero-order chi connectivity index (χ0) is 18.6. The third-order valence-corrected chi connectivity index (χ3v) is 5.44. The van der Waals surface area contributed by atoms with Crippen molar-refractivity contribution in [3.05, 3.63) is 89.2 Å². The summed E-state index contributed by atoms with van der Waals surface area (Å²) >= 11 is 0. The predicted octanol–water partition coefficient (Wildman–Crippen LogP) is 4.67. The summed E-state index contributed by atoms with van der Waals surface area (Å²) in [5, 5.41) is 0. The lowest BCUT2D eigenvalue weighted by Crippen LogP contribution is -2.13. The van der Waals surface area contributed by atoms with Gasteiger partial charge >= 0.3 is 0 Å². The van der Waals surface area contributed by atoms with Gasteiger partial charge < -0.3 is 0 Å². The summed E-state index contributed by atoms with van der Waals surface area (Å²) in [5.41, 5.74) is 4.25. The summed E-state index contributed by atoms with van der Waals surface area (Å²) < 4.78 is 27.9. The first-order valence-electron chi connectivity index (χ1n) is 8.23. The van der Waals surface area contributed by atoms with Crippen LogP contribution in [0.15, 0.2) is 71.8 Å². The molecule has 0 unspecified atom stereocenters. The molecular weight excluding hydrogens is 344 g/mol. The Hall–Kier alpha value is -2.92. The van der Waals surface area contributed by atoms with Gasteiger partial charge in [-0.1, -0.05) is 30.3 Å². The molecule has 0 atom stereocenters. The van der Waals surface area contributed by atoms with E-state index in [4.69, 9.17) is 0 Å². The van der Waals surface area contributed by atoms with Gasteiger partial charge in [-0.25, -0.2) is 8.42 Å². The van der Waals surface area contributed by atoms with E-state index in [-0.39, 0.29) is 4.90 Å². The van der Waals surface area contributed by atoms with E-state index in [1.165, 1.54) is 0 Å². The molecule has 3 aromatic rings. The van der Waals surface area contributed by atoms with Crippen molar-refractivity contribution < 1.29 is 8.42 Å². The van der Waals surface area contributed by atoms with Gasteiger partial charge in [-0.3, -0.25) is 9.71 Å². The maximum Gasteiger partial charge on any atom is 0.261 e. The Morgan fingerprint density at radius 3 is 2.46 bits per heavy atom. The van der Waals surface area contributed by atoms with Crippen molar-refractivity contribution in [1.82, 2.24) is 4.98 Å². The Bertz CT molecular complexity index is 1040. The molecule has 0 fully saturated rings. The van der Waals surface area contributed by atoms with Crippen molar-refractivity contribution in [2.45, 2.75) is 18.7 Å². The van der Waals surface area contributed by atoms with E-state index in [2.05, 4.69) is 9.71 Å². The van der Waals surface area contributed by atoms with Crippen LogP contribution in [-0.4, -0.2) is 13.4 Å². The van der Waals surface area contributed by atoms with E-state index in [0.29, 0.717) is 5.69 Å². The lowest BCUT2D eigenvalue weighted by Gasteiger charge is -2.10. The van der Waals surface area contributed by atoms with Crippen molar-refractivity contribution in [3.63, 3.8) is 0 Å². The number of aryl methyl sites for hydroxylation is 2. The van der Waals surface area contributed by atoms with Crippen LogP contribution < -0.4 is 4.72 Å². The molecule has 1 heterocycles. The third kappa shape index (κ3) is 4.37. The first kappa shape index (κ1) is 17.9. The number of benzene rings is 2. The molecule has 132 valence electrons. The van der Waals surface area contributed by atoms with Crippen LogP contribution in [0, 0.1) is 13.8 Å². The van der Waals surface area contributed by atoms with Crippen LogP contribution in [0.4, 0.5) is 5.69 Å². The minimum atomic E-state index is -3.62. The number of hydrogen-bond donors (Lipinski definition) is 1. The van der Waals surface area contributed by atoms with Gasteiger partial charge in [0.25, 0.3) is 10.0 Å². The van der Waals surface area contributed by atoms with Crippen LogP contribution in [0.1, 0.15) is 22.4 Å². The van der Waals surface area contributed by atoms with Gasteiger partial charge in [-0.2, -0.15) is 0 Å². The highest BCUT2D eigenvalue weighted by atomic mass is 32.2. The first-order valence-corrected chi connectivity index (χ1v) is 9.72. The van der Waals surface area contributed by atoms with Crippen molar-refractivity contribution in [2.24, 2.45) is 0 Å². The third-order valence-electron chi connectivity index (χ3n) is 4.06. The number of nitrogens with zero attached hydrogens (tertiary/aromatic N) is 1. The Morgan fingerprint density at radius 2 is 1.73 bits per heavy atom. The normalized spacial score (nSPS) is 11.6. The largest absolute Gasteiger partial charge is 0.280 e. The Kier molecular flexibility index (Phi) is 5.19. The lowest BCUT2D eigenvalue weighted by atomic mass is 10.1. The molecule has 1 aromatic heterocycles. The number of pyridine rings is 1. The SMILES string of the molecule is Cc1ccc(S(=O)(=O)Nc2cccc(/C=C\c3ccccn3)c2)cc1C. The average Bonchev–Trinajstić information content (AvgIpc) is 2.63. The summed E-state index contributed by atoms with van der Waals surface area (Å²) in [4.78, 5) is 4.49. The van der Waals surface area contributed by atoms with Gasteiger partial charge in [-0.05, 0) is 73.0 Å². The fraction of sp³-hybridized carbons (Fsp3) is 0.0952. The number of sulfonamides is 1. The zero-order valence-corrected chi connectivity index (χ0v) is 15.5. The van der Waals surface area contributed by atoms with Gasteiger partial charge in [0.15, 0.2) is 0 Å². The Labute approximate surface area is 154 Å². The molecule has 1 N–H and O–H groups in total.